The predicted octanol–water partition coefficient (Wildman–Crippen LogP) is -1.07. The van der Waals surface area contributed by atoms with E-state index in [1.54, 1.807) is 0 Å². The zero-order chi connectivity index (χ0) is 14.7. The van der Waals surface area contributed by atoms with E-state index in [2.05, 4.69) is 9.62 Å². The van der Waals surface area contributed by atoms with Crippen molar-refractivity contribution in [2.24, 2.45) is 17.8 Å². The number of rotatable bonds is 3. The lowest BCUT2D eigenvalue weighted by Crippen LogP contribution is -2.46. The van der Waals surface area contributed by atoms with Crippen molar-refractivity contribution in [1.82, 2.24) is 0 Å². The van der Waals surface area contributed by atoms with E-state index in [1.165, 1.54) is 0 Å². The van der Waals surface area contributed by atoms with Gasteiger partial charge in [0.1, 0.15) is 12.2 Å². The normalized spacial score (nSPS) is 37.8. The van der Waals surface area contributed by atoms with Crippen molar-refractivity contribution in [2.75, 3.05) is 0 Å². The summed E-state index contributed by atoms with van der Waals surface area (Å²) in [6.07, 6.45) is -0.777. The monoisotopic (exact) mass is 291 g/mol. The molecule has 1 aliphatic heterocycles. The second-order valence-electron chi connectivity index (χ2n) is 5.22. The number of alkyl halides is 2. The molecular formula is C11H9F2O7-. The topological polar surface area (TPSA) is 102 Å². The number of esters is 2. The molecule has 0 aromatic heterocycles. The van der Waals surface area contributed by atoms with Gasteiger partial charge in [-0.2, -0.15) is 8.78 Å². The van der Waals surface area contributed by atoms with Crippen molar-refractivity contribution in [3.63, 3.8) is 0 Å². The third-order valence-corrected chi connectivity index (χ3v) is 4.25. The molecule has 0 aromatic carbocycles. The third-order valence-electron chi connectivity index (χ3n) is 4.25. The van der Waals surface area contributed by atoms with E-state index in [1.807, 2.05) is 0 Å². The molecule has 1 saturated heterocycles. The molecule has 3 rings (SSSR count). The molecule has 0 N–H and O–H groups in total. The summed E-state index contributed by atoms with van der Waals surface area (Å²) < 4.78 is 36.0. The molecule has 2 saturated carbocycles. The Morgan fingerprint density at radius 1 is 1.30 bits per heavy atom. The Kier molecular flexibility index (Phi) is 2.72. The molecule has 9 heteroatoms. The summed E-state index contributed by atoms with van der Waals surface area (Å²) in [5.74, 6) is -10.4. The Morgan fingerprint density at radius 2 is 2.00 bits per heavy atom. The lowest BCUT2D eigenvalue weighted by molar-refractivity contribution is -0.659. The minimum absolute atomic E-state index is 0.134. The van der Waals surface area contributed by atoms with Gasteiger partial charge in [-0.1, -0.05) is 0 Å². The fourth-order valence-corrected chi connectivity index (χ4v) is 3.40. The first-order valence-corrected chi connectivity index (χ1v) is 6.00. The first-order valence-electron chi connectivity index (χ1n) is 6.00. The standard InChI is InChI=1S/C11H10F2O7/c12-11(13,10(16)20-17)9(15)19-6-3-1-4-5(2-3)8(14)18-7(4)6/h3-7,17H,1-2H2/p-1. The zero-order valence-corrected chi connectivity index (χ0v) is 9.91. The van der Waals surface area contributed by atoms with Gasteiger partial charge in [-0.15, -0.1) is 0 Å². The van der Waals surface area contributed by atoms with E-state index in [-0.39, 0.29) is 17.8 Å². The van der Waals surface area contributed by atoms with Crippen LogP contribution in [0, 0.1) is 17.8 Å². The Morgan fingerprint density at radius 3 is 2.65 bits per heavy atom. The van der Waals surface area contributed by atoms with Crippen LogP contribution in [0.2, 0.25) is 0 Å². The Labute approximate surface area is 110 Å². The summed E-state index contributed by atoms with van der Waals surface area (Å²) in [5, 5.41) is 9.71. The summed E-state index contributed by atoms with van der Waals surface area (Å²) in [6, 6.07) is 0. The van der Waals surface area contributed by atoms with Crippen molar-refractivity contribution >= 4 is 17.9 Å². The SMILES string of the molecule is O=C1OC2C3CC(CC13)C2OC(=O)C(F)(F)C(=O)O[O-]. The second-order valence-corrected chi connectivity index (χ2v) is 5.22. The summed E-state index contributed by atoms with van der Waals surface area (Å²) >= 11 is 0. The molecule has 110 valence electrons. The number of fused-ring (bicyclic) bond motifs is 1. The number of carbonyl (C=O) groups excluding carboxylic acids is 3. The predicted molar refractivity (Wildman–Crippen MR) is 50.5 cm³/mol. The molecule has 2 bridgehead atoms. The molecule has 2 aliphatic carbocycles. The van der Waals surface area contributed by atoms with Crippen LogP contribution in [0.5, 0.6) is 0 Å². The maximum absolute atomic E-state index is 13.2. The van der Waals surface area contributed by atoms with Crippen molar-refractivity contribution < 1.29 is 42.8 Å². The quantitative estimate of drug-likeness (QED) is 0.282. The van der Waals surface area contributed by atoms with Gasteiger partial charge in [0.15, 0.2) is 0 Å². The maximum atomic E-state index is 13.2. The largest absolute Gasteiger partial charge is 0.661 e. The molecule has 3 fully saturated rings. The Hall–Kier alpha value is -1.77. The van der Waals surface area contributed by atoms with Crippen LogP contribution in [-0.4, -0.2) is 36.0 Å². The van der Waals surface area contributed by atoms with Crippen LogP contribution < -0.4 is 5.26 Å². The van der Waals surface area contributed by atoms with Crippen LogP contribution in [0.25, 0.3) is 0 Å². The summed E-state index contributed by atoms with van der Waals surface area (Å²) in [5.41, 5.74) is 0. The van der Waals surface area contributed by atoms with Crippen LogP contribution in [-0.2, 0) is 28.7 Å². The Balaban J connectivity index is 1.72. The van der Waals surface area contributed by atoms with Gasteiger partial charge in [-0.25, -0.2) is 9.59 Å². The van der Waals surface area contributed by atoms with Crippen LogP contribution in [0.3, 0.4) is 0 Å². The number of carbonyl (C=O) groups is 3. The molecule has 0 radical (unpaired) electrons. The van der Waals surface area contributed by atoms with Gasteiger partial charge in [0, 0.05) is 11.8 Å². The first kappa shape index (κ1) is 13.2. The fourth-order valence-electron chi connectivity index (χ4n) is 3.40. The van der Waals surface area contributed by atoms with Crippen LogP contribution in [0.15, 0.2) is 0 Å². The second kappa shape index (κ2) is 4.11. The van der Waals surface area contributed by atoms with E-state index >= 15 is 0 Å². The van der Waals surface area contributed by atoms with Gasteiger partial charge in [-0.3, -0.25) is 4.79 Å². The van der Waals surface area contributed by atoms with E-state index in [9.17, 15) is 28.4 Å². The highest BCUT2D eigenvalue weighted by Crippen LogP contribution is 2.55. The molecule has 7 nitrogen and oxygen atoms in total. The summed E-state index contributed by atoms with van der Waals surface area (Å²) in [4.78, 5) is 35.9. The highest BCUT2D eigenvalue weighted by atomic mass is 19.3. The van der Waals surface area contributed by atoms with Crippen LogP contribution in [0.1, 0.15) is 12.8 Å². The number of hydrogen-bond donors (Lipinski definition) is 0. The van der Waals surface area contributed by atoms with Crippen molar-refractivity contribution in [3.05, 3.63) is 0 Å². The molecule has 0 spiro atoms. The molecule has 5 unspecified atom stereocenters. The van der Waals surface area contributed by atoms with Crippen LogP contribution >= 0.6 is 0 Å². The minimum Gasteiger partial charge on any atom is -0.661 e. The highest BCUT2D eigenvalue weighted by molar-refractivity contribution is 6.01. The van der Waals surface area contributed by atoms with Gasteiger partial charge >= 0.3 is 23.8 Å². The minimum atomic E-state index is -4.66. The van der Waals surface area contributed by atoms with E-state index < -0.39 is 36.0 Å². The maximum Gasteiger partial charge on any atom is 0.436 e. The van der Waals surface area contributed by atoms with Gasteiger partial charge in [0.05, 0.1) is 5.92 Å². The lowest BCUT2D eigenvalue weighted by Gasteiger charge is -2.26. The molecule has 3 aliphatic rings. The average molecular weight is 291 g/mol. The highest BCUT2D eigenvalue weighted by Gasteiger charge is 2.64. The number of halogens is 2. The van der Waals surface area contributed by atoms with Crippen molar-refractivity contribution in [2.45, 2.75) is 31.0 Å². The number of ether oxygens (including phenoxy) is 2. The van der Waals surface area contributed by atoms with Gasteiger partial charge in [-0.05, 0) is 12.8 Å². The van der Waals surface area contributed by atoms with Crippen molar-refractivity contribution in [3.8, 4) is 0 Å². The third kappa shape index (κ3) is 1.62. The van der Waals surface area contributed by atoms with E-state index in [0.717, 1.165) is 0 Å². The number of hydrogen-bond acceptors (Lipinski definition) is 7. The smallest absolute Gasteiger partial charge is 0.436 e. The van der Waals surface area contributed by atoms with Crippen LogP contribution in [0.4, 0.5) is 8.78 Å². The van der Waals surface area contributed by atoms with Gasteiger partial charge in [0.2, 0.25) is 0 Å². The molecule has 0 amide bonds. The van der Waals surface area contributed by atoms with Crippen molar-refractivity contribution in [1.29, 1.82) is 0 Å². The average Bonchev–Trinajstić information content (AvgIpc) is 3.02. The lowest BCUT2D eigenvalue weighted by atomic mass is 9.88. The van der Waals surface area contributed by atoms with Gasteiger partial charge in [0.25, 0.3) is 0 Å². The summed E-state index contributed by atoms with van der Waals surface area (Å²) in [6.45, 7) is 0. The van der Waals surface area contributed by atoms with Gasteiger partial charge < -0.3 is 19.6 Å². The fraction of sp³-hybridized carbons (Fsp3) is 0.727. The first-order chi connectivity index (χ1) is 9.36. The summed E-state index contributed by atoms with van der Waals surface area (Å²) in [7, 11) is 0. The molecule has 5 atom stereocenters. The molecular weight excluding hydrogens is 282 g/mol. The molecule has 1 heterocycles. The molecule has 20 heavy (non-hydrogen) atoms. The van der Waals surface area contributed by atoms with E-state index in [4.69, 9.17) is 4.74 Å². The molecule has 0 aromatic rings. The van der Waals surface area contributed by atoms with E-state index in [0.29, 0.717) is 12.8 Å². The zero-order valence-electron chi connectivity index (χ0n) is 9.91. The Bertz CT molecular complexity index is 491.